The van der Waals surface area contributed by atoms with E-state index in [0.29, 0.717) is 23.7 Å². The number of amides is 3. The maximum atomic E-state index is 12.8. The second kappa shape index (κ2) is 10.6. The van der Waals surface area contributed by atoms with Crippen LogP contribution in [0.15, 0.2) is 54.6 Å². The van der Waals surface area contributed by atoms with Crippen molar-refractivity contribution in [2.75, 3.05) is 13.1 Å². The van der Waals surface area contributed by atoms with Gasteiger partial charge in [-0.2, -0.15) is 0 Å². The molecule has 1 atom stereocenters. The lowest BCUT2D eigenvalue weighted by atomic mass is 10.1. The molecule has 0 radical (unpaired) electrons. The fourth-order valence-electron chi connectivity index (χ4n) is 3.25. The van der Waals surface area contributed by atoms with Crippen LogP contribution in [0.1, 0.15) is 46.7 Å². The highest BCUT2D eigenvalue weighted by Gasteiger charge is 2.23. The Morgan fingerprint density at radius 2 is 1.66 bits per heavy atom. The Hall–Kier alpha value is -3.61. The van der Waals surface area contributed by atoms with Crippen molar-refractivity contribution in [2.24, 2.45) is 5.92 Å². The Morgan fingerprint density at radius 3 is 2.34 bits per heavy atom. The topological polar surface area (TPSA) is 103 Å². The molecule has 0 aliphatic heterocycles. The van der Waals surface area contributed by atoms with Crippen molar-refractivity contribution >= 4 is 28.6 Å². The SMILES string of the molecule is Cc1ccc(C(=O)NC[C@H](NC(=O)c2cc3ccccc3[nH]2)C(=O)NCCC(C)C)cc1. The van der Waals surface area contributed by atoms with Gasteiger partial charge in [-0.05, 0) is 43.5 Å². The first-order chi connectivity index (χ1) is 15.3. The minimum Gasteiger partial charge on any atom is -0.354 e. The fourth-order valence-corrected chi connectivity index (χ4v) is 3.25. The number of aromatic nitrogens is 1. The molecular formula is C25H30N4O3. The van der Waals surface area contributed by atoms with Crippen molar-refractivity contribution in [2.45, 2.75) is 33.2 Å². The van der Waals surface area contributed by atoms with Gasteiger partial charge in [0.1, 0.15) is 11.7 Å². The summed E-state index contributed by atoms with van der Waals surface area (Å²) in [6.45, 7) is 6.57. The number of carbonyl (C=O) groups is 3. The summed E-state index contributed by atoms with van der Waals surface area (Å²) >= 11 is 0. The third-order valence-electron chi connectivity index (χ3n) is 5.20. The monoisotopic (exact) mass is 434 g/mol. The molecule has 7 heteroatoms. The quantitative estimate of drug-likeness (QED) is 0.416. The first-order valence-electron chi connectivity index (χ1n) is 10.8. The van der Waals surface area contributed by atoms with Gasteiger partial charge in [-0.25, -0.2) is 0 Å². The van der Waals surface area contributed by atoms with Crippen LogP contribution in [0.3, 0.4) is 0 Å². The average molecular weight is 435 g/mol. The highest BCUT2D eigenvalue weighted by atomic mass is 16.2. The number of carbonyl (C=O) groups excluding carboxylic acids is 3. The molecule has 168 valence electrons. The number of H-pyrrole nitrogens is 1. The van der Waals surface area contributed by atoms with Crippen molar-refractivity contribution in [3.05, 3.63) is 71.4 Å². The van der Waals surface area contributed by atoms with E-state index in [1.807, 2.05) is 43.3 Å². The predicted molar refractivity (Wildman–Crippen MR) is 126 cm³/mol. The molecule has 0 unspecified atom stereocenters. The van der Waals surface area contributed by atoms with Gasteiger partial charge >= 0.3 is 0 Å². The van der Waals surface area contributed by atoms with Crippen molar-refractivity contribution in [1.82, 2.24) is 20.9 Å². The highest BCUT2D eigenvalue weighted by Crippen LogP contribution is 2.14. The van der Waals surface area contributed by atoms with Gasteiger partial charge in [-0.1, -0.05) is 49.7 Å². The van der Waals surface area contributed by atoms with Gasteiger partial charge in [-0.3, -0.25) is 14.4 Å². The van der Waals surface area contributed by atoms with Gasteiger partial charge in [0, 0.05) is 29.6 Å². The van der Waals surface area contributed by atoms with Gasteiger partial charge in [0.05, 0.1) is 0 Å². The van der Waals surface area contributed by atoms with Gasteiger partial charge in [-0.15, -0.1) is 0 Å². The summed E-state index contributed by atoms with van der Waals surface area (Å²) in [5, 5.41) is 9.27. The normalized spacial score (nSPS) is 11.9. The molecule has 3 aromatic rings. The van der Waals surface area contributed by atoms with E-state index in [0.717, 1.165) is 22.9 Å². The van der Waals surface area contributed by atoms with Gasteiger partial charge in [0.15, 0.2) is 0 Å². The summed E-state index contributed by atoms with van der Waals surface area (Å²) in [5.41, 5.74) is 2.74. The summed E-state index contributed by atoms with van der Waals surface area (Å²) in [6, 6.07) is 15.5. The Bertz CT molecular complexity index is 1050. The van der Waals surface area contributed by atoms with Crippen LogP contribution < -0.4 is 16.0 Å². The van der Waals surface area contributed by atoms with Crippen molar-refractivity contribution < 1.29 is 14.4 Å². The van der Waals surface area contributed by atoms with Crippen LogP contribution in [0, 0.1) is 12.8 Å². The smallest absolute Gasteiger partial charge is 0.268 e. The zero-order valence-corrected chi connectivity index (χ0v) is 18.7. The molecule has 4 N–H and O–H groups in total. The second-order valence-corrected chi connectivity index (χ2v) is 8.35. The molecule has 0 aliphatic carbocycles. The molecule has 3 amide bonds. The van der Waals surface area contributed by atoms with E-state index in [1.165, 1.54) is 0 Å². The molecule has 0 saturated carbocycles. The van der Waals surface area contributed by atoms with Crippen LogP contribution >= 0.6 is 0 Å². The minimum absolute atomic E-state index is 0.0216. The minimum atomic E-state index is -0.907. The third kappa shape index (κ3) is 6.20. The lowest BCUT2D eigenvalue weighted by Gasteiger charge is -2.19. The van der Waals surface area contributed by atoms with Crippen LogP contribution in [-0.2, 0) is 4.79 Å². The van der Waals surface area contributed by atoms with E-state index >= 15 is 0 Å². The summed E-state index contributed by atoms with van der Waals surface area (Å²) in [6.07, 6.45) is 0.824. The molecule has 2 aromatic carbocycles. The Balaban J connectivity index is 1.68. The number of nitrogens with one attached hydrogen (secondary N) is 4. The van der Waals surface area contributed by atoms with E-state index in [2.05, 4.69) is 34.8 Å². The average Bonchev–Trinajstić information content (AvgIpc) is 3.21. The number of aryl methyl sites for hydroxylation is 1. The maximum Gasteiger partial charge on any atom is 0.268 e. The van der Waals surface area contributed by atoms with Crippen LogP contribution in [0.4, 0.5) is 0 Å². The number of hydrogen-bond acceptors (Lipinski definition) is 3. The molecule has 0 saturated heterocycles. The van der Waals surface area contributed by atoms with E-state index in [9.17, 15) is 14.4 Å². The molecule has 0 spiro atoms. The largest absolute Gasteiger partial charge is 0.354 e. The molecule has 0 aliphatic rings. The van der Waals surface area contributed by atoms with Crippen molar-refractivity contribution in [3.8, 4) is 0 Å². The summed E-state index contributed by atoms with van der Waals surface area (Å²) < 4.78 is 0. The number of aromatic amines is 1. The second-order valence-electron chi connectivity index (χ2n) is 8.35. The summed E-state index contributed by atoms with van der Waals surface area (Å²) in [5.74, 6) is -0.602. The Kier molecular flexibility index (Phi) is 7.65. The molecule has 0 bridgehead atoms. The zero-order valence-electron chi connectivity index (χ0n) is 18.7. The molecule has 32 heavy (non-hydrogen) atoms. The van der Waals surface area contributed by atoms with Crippen LogP contribution in [0.25, 0.3) is 10.9 Å². The van der Waals surface area contributed by atoms with E-state index in [4.69, 9.17) is 0 Å². The first kappa shape index (κ1) is 23.1. The third-order valence-corrected chi connectivity index (χ3v) is 5.20. The Morgan fingerprint density at radius 1 is 0.938 bits per heavy atom. The number of hydrogen-bond donors (Lipinski definition) is 4. The maximum absolute atomic E-state index is 12.8. The molecule has 7 nitrogen and oxygen atoms in total. The molecule has 1 aromatic heterocycles. The van der Waals surface area contributed by atoms with E-state index in [1.54, 1.807) is 18.2 Å². The van der Waals surface area contributed by atoms with Crippen LogP contribution in [0.2, 0.25) is 0 Å². The summed E-state index contributed by atoms with van der Waals surface area (Å²) in [7, 11) is 0. The van der Waals surface area contributed by atoms with E-state index in [-0.39, 0.29) is 18.4 Å². The predicted octanol–water partition coefficient (Wildman–Crippen LogP) is 3.17. The number of rotatable bonds is 9. The fraction of sp³-hybridized carbons (Fsp3) is 0.320. The zero-order chi connectivity index (χ0) is 23.1. The highest BCUT2D eigenvalue weighted by molar-refractivity contribution is 6.00. The van der Waals surface area contributed by atoms with Crippen molar-refractivity contribution in [1.29, 1.82) is 0 Å². The van der Waals surface area contributed by atoms with Crippen LogP contribution in [-0.4, -0.2) is 41.8 Å². The molecule has 1 heterocycles. The lowest BCUT2D eigenvalue weighted by molar-refractivity contribution is -0.122. The van der Waals surface area contributed by atoms with Gasteiger partial charge < -0.3 is 20.9 Å². The standard InChI is InChI=1S/C25H30N4O3/c1-16(2)12-13-26-24(31)22(15-27-23(30)18-10-8-17(3)9-11-18)29-25(32)21-14-19-6-4-5-7-20(19)28-21/h4-11,14,16,22,28H,12-13,15H2,1-3H3,(H,26,31)(H,27,30)(H,29,32)/t22-/m0/s1. The van der Waals surface area contributed by atoms with Gasteiger partial charge in [0.2, 0.25) is 5.91 Å². The molecule has 3 rings (SSSR count). The lowest BCUT2D eigenvalue weighted by Crippen LogP contribution is -2.52. The Labute approximate surface area is 188 Å². The number of benzene rings is 2. The van der Waals surface area contributed by atoms with Gasteiger partial charge in [0.25, 0.3) is 11.8 Å². The van der Waals surface area contributed by atoms with Crippen molar-refractivity contribution in [3.63, 3.8) is 0 Å². The number of fused-ring (bicyclic) bond motifs is 1. The first-order valence-corrected chi connectivity index (χ1v) is 10.8. The van der Waals surface area contributed by atoms with E-state index < -0.39 is 11.9 Å². The summed E-state index contributed by atoms with van der Waals surface area (Å²) in [4.78, 5) is 41.2. The molecule has 0 fully saturated rings. The molecular weight excluding hydrogens is 404 g/mol. The van der Waals surface area contributed by atoms with Crippen LogP contribution in [0.5, 0.6) is 0 Å². The number of para-hydroxylation sites is 1.